The number of carboxylic acid groups (broad SMARTS) is 1. The first-order valence-corrected chi connectivity index (χ1v) is 7.78. The largest absolute Gasteiger partial charge is 0.493 e. The molecule has 23 heavy (non-hydrogen) atoms. The van der Waals surface area contributed by atoms with Gasteiger partial charge >= 0.3 is 5.97 Å². The van der Waals surface area contributed by atoms with Gasteiger partial charge in [0, 0.05) is 5.56 Å². The Hall–Kier alpha value is -2.00. The standard InChI is InChI=1S/C19H22O3.ClH/c1-2-3-4-7-14-22-18-9-6-5-8-17(18)15-10-12-16(13-11-15)19(20)21;/h5-6,8-13H,2-4,7,14H2,1H3,(H,20,21);1H. The van der Waals surface area contributed by atoms with E-state index >= 15 is 0 Å². The van der Waals surface area contributed by atoms with Gasteiger partial charge in [-0.15, -0.1) is 12.4 Å². The number of para-hydroxylation sites is 1. The van der Waals surface area contributed by atoms with Crippen LogP contribution in [-0.2, 0) is 0 Å². The molecule has 1 N–H and O–H groups in total. The normalized spacial score (nSPS) is 9.96. The SMILES string of the molecule is CCCCCCOc1ccccc1-c1ccc(C(=O)O)cc1.Cl. The second-order valence-corrected chi connectivity index (χ2v) is 5.29. The van der Waals surface area contributed by atoms with Gasteiger partial charge in [0.05, 0.1) is 12.2 Å². The zero-order valence-electron chi connectivity index (χ0n) is 13.3. The average molecular weight is 335 g/mol. The Bertz CT molecular complexity index is 608. The third-order valence-electron chi connectivity index (χ3n) is 3.59. The van der Waals surface area contributed by atoms with Crippen molar-refractivity contribution in [2.45, 2.75) is 32.6 Å². The van der Waals surface area contributed by atoms with Crippen LogP contribution in [0.4, 0.5) is 0 Å². The topological polar surface area (TPSA) is 46.5 Å². The highest BCUT2D eigenvalue weighted by Gasteiger charge is 2.07. The summed E-state index contributed by atoms with van der Waals surface area (Å²) in [4.78, 5) is 10.9. The lowest BCUT2D eigenvalue weighted by atomic mass is 10.0. The predicted octanol–water partition coefficient (Wildman–Crippen LogP) is 5.43. The highest BCUT2D eigenvalue weighted by Crippen LogP contribution is 2.30. The number of hydrogen-bond acceptors (Lipinski definition) is 2. The Balaban J connectivity index is 0.00000264. The summed E-state index contributed by atoms with van der Waals surface area (Å²) in [5.74, 6) is -0.0610. The molecule has 2 aromatic carbocycles. The zero-order chi connectivity index (χ0) is 15.8. The lowest BCUT2D eigenvalue weighted by Gasteiger charge is -2.11. The molecule has 0 bridgehead atoms. The van der Waals surface area contributed by atoms with E-state index in [1.807, 2.05) is 36.4 Å². The van der Waals surface area contributed by atoms with Crippen molar-refractivity contribution in [2.75, 3.05) is 6.61 Å². The Labute approximate surface area is 143 Å². The van der Waals surface area contributed by atoms with Crippen molar-refractivity contribution in [1.82, 2.24) is 0 Å². The molecule has 2 aromatic rings. The van der Waals surface area contributed by atoms with Crippen LogP contribution in [0.5, 0.6) is 5.75 Å². The van der Waals surface area contributed by atoms with Gasteiger partial charge in [0.15, 0.2) is 0 Å². The van der Waals surface area contributed by atoms with Crippen molar-refractivity contribution in [2.24, 2.45) is 0 Å². The number of halogens is 1. The first-order chi connectivity index (χ1) is 10.7. The van der Waals surface area contributed by atoms with Crippen LogP contribution < -0.4 is 4.74 Å². The van der Waals surface area contributed by atoms with Crippen LogP contribution in [0.2, 0.25) is 0 Å². The summed E-state index contributed by atoms with van der Waals surface area (Å²) in [6.07, 6.45) is 4.69. The molecule has 0 amide bonds. The number of ether oxygens (including phenoxy) is 1. The fourth-order valence-electron chi connectivity index (χ4n) is 2.33. The second-order valence-electron chi connectivity index (χ2n) is 5.29. The number of unbranched alkanes of at least 4 members (excludes halogenated alkanes) is 3. The minimum atomic E-state index is -0.910. The van der Waals surface area contributed by atoms with Crippen LogP contribution in [0.3, 0.4) is 0 Å². The van der Waals surface area contributed by atoms with Crippen molar-refractivity contribution < 1.29 is 14.6 Å². The molecule has 0 aromatic heterocycles. The average Bonchev–Trinajstić information content (AvgIpc) is 2.55. The van der Waals surface area contributed by atoms with E-state index in [4.69, 9.17) is 9.84 Å². The minimum absolute atomic E-state index is 0. The zero-order valence-corrected chi connectivity index (χ0v) is 14.1. The summed E-state index contributed by atoms with van der Waals surface area (Å²) in [6.45, 7) is 2.90. The molecule has 0 unspecified atom stereocenters. The molecule has 0 saturated carbocycles. The van der Waals surface area contributed by atoms with E-state index < -0.39 is 5.97 Å². The van der Waals surface area contributed by atoms with Crippen molar-refractivity contribution in [3.05, 3.63) is 54.1 Å². The maximum absolute atomic E-state index is 10.9. The van der Waals surface area contributed by atoms with E-state index in [9.17, 15) is 4.79 Å². The summed E-state index contributed by atoms with van der Waals surface area (Å²) >= 11 is 0. The lowest BCUT2D eigenvalue weighted by molar-refractivity contribution is 0.0697. The number of benzene rings is 2. The molecule has 0 aliphatic carbocycles. The summed E-state index contributed by atoms with van der Waals surface area (Å²) in [7, 11) is 0. The third kappa shape index (κ3) is 5.61. The lowest BCUT2D eigenvalue weighted by Crippen LogP contribution is -1.99. The predicted molar refractivity (Wildman–Crippen MR) is 95.7 cm³/mol. The fraction of sp³-hybridized carbons (Fsp3) is 0.316. The molecular formula is C19H23ClO3. The number of rotatable bonds is 8. The van der Waals surface area contributed by atoms with Gasteiger partial charge < -0.3 is 9.84 Å². The molecule has 4 heteroatoms. The van der Waals surface area contributed by atoms with Gasteiger partial charge in [-0.2, -0.15) is 0 Å². The molecule has 0 heterocycles. The van der Waals surface area contributed by atoms with Crippen LogP contribution in [-0.4, -0.2) is 17.7 Å². The van der Waals surface area contributed by atoms with E-state index in [-0.39, 0.29) is 12.4 Å². The molecular weight excluding hydrogens is 312 g/mol. The maximum atomic E-state index is 10.9. The second kappa shape index (κ2) is 9.90. The quantitative estimate of drug-likeness (QED) is 0.654. The highest BCUT2D eigenvalue weighted by atomic mass is 35.5. The maximum Gasteiger partial charge on any atom is 0.335 e. The van der Waals surface area contributed by atoms with Crippen LogP contribution in [0, 0.1) is 0 Å². The Morgan fingerprint density at radius 2 is 1.70 bits per heavy atom. The smallest absolute Gasteiger partial charge is 0.335 e. The third-order valence-corrected chi connectivity index (χ3v) is 3.59. The van der Waals surface area contributed by atoms with Crippen LogP contribution >= 0.6 is 12.4 Å². The number of aromatic carboxylic acids is 1. The van der Waals surface area contributed by atoms with E-state index in [0.717, 1.165) is 23.3 Å². The number of hydrogen-bond donors (Lipinski definition) is 1. The molecule has 3 nitrogen and oxygen atoms in total. The van der Waals surface area contributed by atoms with Crippen LogP contribution in [0.25, 0.3) is 11.1 Å². The van der Waals surface area contributed by atoms with Gasteiger partial charge in [0.1, 0.15) is 5.75 Å². The van der Waals surface area contributed by atoms with Crippen molar-refractivity contribution >= 4 is 18.4 Å². The van der Waals surface area contributed by atoms with Crippen molar-refractivity contribution in [3.8, 4) is 16.9 Å². The molecule has 0 spiro atoms. The summed E-state index contributed by atoms with van der Waals surface area (Å²) in [5, 5.41) is 8.96. The van der Waals surface area contributed by atoms with Gasteiger partial charge in [0.25, 0.3) is 0 Å². The Morgan fingerprint density at radius 1 is 1.00 bits per heavy atom. The van der Waals surface area contributed by atoms with Gasteiger partial charge in [-0.05, 0) is 30.2 Å². The van der Waals surface area contributed by atoms with E-state index in [2.05, 4.69) is 6.92 Å². The fourth-order valence-corrected chi connectivity index (χ4v) is 2.33. The first kappa shape index (κ1) is 19.0. The van der Waals surface area contributed by atoms with Crippen molar-refractivity contribution in [1.29, 1.82) is 0 Å². The van der Waals surface area contributed by atoms with E-state index in [1.54, 1.807) is 12.1 Å². The van der Waals surface area contributed by atoms with Gasteiger partial charge in [0.2, 0.25) is 0 Å². The molecule has 124 valence electrons. The molecule has 2 rings (SSSR count). The van der Waals surface area contributed by atoms with Gasteiger partial charge in [-0.1, -0.05) is 56.5 Å². The van der Waals surface area contributed by atoms with Crippen LogP contribution in [0.1, 0.15) is 43.0 Å². The minimum Gasteiger partial charge on any atom is -0.493 e. The summed E-state index contributed by atoms with van der Waals surface area (Å²) < 4.78 is 5.90. The molecule has 0 saturated heterocycles. The molecule has 0 radical (unpaired) electrons. The van der Waals surface area contributed by atoms with Gasteiger partial charge in [-0.3, -0.25) is 0 Å². The summed E-state index contributed by atoms with van der Waals surface area (Å²) in [5.41, 5.74) is 2.26. The molecule has 0 aliphatic heterocycles. The van der Waals surface area contributed by atoms with Crippen LogP contribution in [0.15, 0.2) is 48.5 Å². The Morgan fingerprint density at radius 3 is 2.35 bits per heavy atom. The number of carboxylic acids is 1. The molecule has 0 atom stereocenters. The summed E-state index contributed by atoms with van der Waals surface area (Å²) in [6, 6.07) is 14.8. The van der Waals surface area contributed by atoms with E-state index in [0.29, 0.717) is 12.2 Å². The highest BCUT2D eigenvalue weighted by molar-refractivity contribution is 5.88. The van der Waals surface area contributed by atoms with Crippen molar-refractivity contribution in [3.63, 3.8) is 0 Å². The first-order valence-electron chi connectivity index (χ1n) is 7.78. The monoisotopic (exact) mass is 334 g/mol. The Kier molecular flexibility index (Phi) is 8.20. The van der Waals surface area contributed by atoms with Gasteiger partial charge in [-0.25, -0.2) is 4.79 Å². The van der Waals surface area contributed by atoms with E-state index in [1.165, 1.54) is 19.3 Å². The number of carbonyl (C=O) groups is 1. The molecule has 0 aliphatic rings. The molecule has 0 fully saturated rings.